The number of carbonyl (C=O) groups is 3. The second-order valence-electron chi connectivity index (χ2n) is 18.4. The molecule has 2 unspecified atom stereocenters. The van der Waals surface area contributed by atoms with Crippen LogP contribution in [0.4, 0.5) is 0 Å². The molecule has 8 nitrogen and oxygen atoms in total. The lowest BCUT2D eigenvalue weighted by atomic mass is 10.0. The van der Waals surface area contributed by atoms with Crippen LogP contribution in [0.1, 0.15) is 239 Å². The Morgan fingerprint density at radius 1 is 0.517 bits per heavy atom. The van der Waals surface area contributed by atoms with Crippen LogP contribution in [0.25, 0.3) is 0 Å². The van der Waals surface area contributed by atoms with Gasteiger partial charge in [0, 0.05) is 19.3 Å². The van der Waals surface area contributed by atoms with Crippen LogP contribution in [0.2, 0.25) is 0 Å². The van der Waals surface area contributed by atoms with Crippen LogP contribution in [0.3, 0.4) is 0 Å². The van der Waals surface area contributed by atoms with Crippen LogP contribution in [-0.4, -0.2) is 75.5 Å². The normalized spacial score (nSPS) is 13.0. The molecule has 0 aromatic carbocycles. The first-order chi connectivity index (χ1) is 29.1. The highest BCUT2D eigenvalue weighted by Gasteiger charge is 2.25. The second kappa shape index (κ2) is 43.5. The Balaban J connectivity index is 4.20. The highest BCUT2D eigenvalue weighted by Crippen LogP contribution is 2.16. The van der Waals surface area contributed by atoms with Crippen molar-refractivity contribution in [3.05, 3.63) is 24.3 Å². The summed E-state index contributed by atoms with van der Waals surface area (Å²) in [6.07, 6.45) is 49.2. The zero-order valence-corrected chi connectivity index (χ0v) is 40.1. The van der Waals surface area contributed by atoms with Gasteiger partial charge in [0.25, 0.3) is 0 Å². The van der Waals surface area contributed by atoms with Gasteiger partial charge in [0.15, 0.2) is 6.10 Å². The van der Waals surface area contributed by atoms with Crippen molar-refractivity contribution in [3.63, 3.8) is 0 Å². The van der Waals surface area contributed by atoms with Crippen molar-refractivity contribution in [1.82, 2.24) is 0 Å². The van der Waals surface area contributed by atoms with E-state index in [0.29, 0.717) is 12.8 Å². The van der Waals surface area contributed by atoms with Crippen LogP contribution >= 0.6 is 0 Å². The molecule has 0 aliphatic heterocycles. The average Bonchev–Trinajstić information content (AvgIpc) is 3.21. The second-order valence-corrected chi connectivity index (χ2v) is 18.4. The molecule has 0 radical (unpaired) electrons. The summed E-state index contributed by atoms with van der Waals surface area (Å²) < 4.78 is 17.2. The van der Waals surface area contributed by atoms with E-state index in [9.17, 15) is 19.5 Å². The van der Waals surface area contributed by atoms with E-state index in [1.54, 1.807) is 0 Å². The van der Waals surface area contributed by atoms with Crippen molar-refractivity contribution in [1.29, 1.82) is 0 Å². The molecule has 0 amide bonds. The minimum absolute atomic E-state index is 0.0460. The number of nitrogens with zero attached hydrogens (tertiary/aromatic N) is 1. The molecule has 2 atom stereocenters. The number of hydrogen-bond acceptors (Lipinski definition) is 7. The lowest BCUT2D eigenvalue weighted by molar-refractivity contribution is -0.889. The highest BCUT2D eigenvalue weighted by atomic mass is 16.6. The Bertz CT molecular complexity index is 1040. The van der Waals surface area contributed by atoms with Gasteiger partial charge in [-0.15, -0.1) is 0 Å². The summed E-state index contributed by atoms with van der Waals surface area (Å²) >= 11 is 0. The summed E-state index contributed by atoms with van der Waals surface area (Å²) in [6.45, 7) is 4.60. The molecule has 0 aliphatic rings. The molecule has 0 spiro atoms. The molecule has 0 heterocycles. The number of ether oxygens (including phenoxy) is 3. The largest absolute Gasteiger partial charge is 0.544 e. The maximum absolute atomic E-state index is 12.8. The molecule has 0 aliphatic carbocycles. The Morgan fingerprint density at radius 2 is 0.933 bits per heavy atom. The maximum atomic E-state index is 12.8. The quantitative estimate of drug-likeness (QED) is 0.0260. The first kappa shape index (κ1) is 57.8. The molecule has 352 valence electrons. The van der Waals surface area contributed by atoms with Crippen LogP contribution in [-0.2, 0) is 28.6 Å². The third-order valence-electron chi connectivity index (χ3n) is 11.6. The molecular weight excluding hydrogens is 751 g/mol. The fourth-order valence-corrected chi connectivity index (χ4v) is 7.70. The zero-order chi connectivity index (χ0) is 44.2. The van der Waals surface area contributed by atoms with Crippen LogP contribution in [0.15, 0.2) is 24.3 Å². The zero-order valence-electron chi connectivity index (χ0n) is 40.1. The number of quaternary nitrogens is 1. The van der Waals surface area contributed by atoms with E-state index >= 15 is 0 Å². The van der Waals surface area contributed by atoms with Crippen LogP contribution < -0.4 is 5.11 Å². The number of rotatable bonds is 46. The Kier molecular flexibility index (Phi) is 41.9. The number of likely N-dealkylation sites (N-methyl/N-ethyl adjacent to an activating group) is 1. The number of carbonyl (C=O) groups excluding carboxylic acids is 3. The van der Waals surface area contributed by atoms with E-state index in [-0.39, 0.29) is 42.7 Å². The third-order valence-corrected chi connectivity index (χ3v) is 11.6. The molecule has 8 heteroatoms. The summed E-state index contributed by atoms with van der Waals surface area (Å²) in [5.41, 5.74) is 0. The first-order valence-electron chi connectivity index (χ1n) is 25.4. The average molecular weight is 848 g/mol. The number of hydrogen-bond donors (Lipinski definition) is 0. The first-order valence-corrected chi connectivity index (χ1v) is 25.4. The van der Waals surface area contributed by atoms with Crippen molar-refractivity contribution in [2.24, 2.45) is 0 Å². The van der Waals surface area contributed by atoms with E-state index in [2.05, 4.69) is 38.2 Å². The van der Waals surface area contributed by atoms with Crippen LogP contribution in [0.5, 0.6) is 0 Å². The number of carboxylic acids is 1. The van der Waals surface area contributed by atoms with Crippen molar-refractivity contribution in [3.8, 4) is 0 Å². The van der Waals surface area contributed by atoms with Gasteiger partial charge in [0.05, 0.1) is 40.3 Å². The van der Waals surface area contributed by atoms with Gasteiger partial charge in [-0.25, -0.2) is 0 Å². The molecule has 0 fully saturated rings. The fraction of sp³-hybridized carbons (Fsp3) is 0.865. The summed E-state index contributed by atoms with van der Waals surface area (Å²) in [6, 6.07) is -0.722. The minimum atomic E-state index is -1.12. The molecule has 0 saturated carbocycles. The maximum Gasteiger partial charge on any atom is 0.306 e. The Hall–Kier alpha value is -2.19. The number of aliphatic carboxylic acids is 1. The van der Waals surface area contributed by atoms with Gasteiger partial charge in [-0.05, 0) is 38.5 Å². The Morgan fingerprint density at radius 3 is 1.37 bits per heavy atom. The molecule has 0 bridgehead atoms. The van der Waals surface area contributed by atoms with Crippen molar-refractivity contribution >= 4 is 17.9 Å². The van der Waals surface area contributed by atoms with Gasteiger partial charge >= 0.3 is 11.9 Å². The standard InChI is InChI=1S/C52H97NO7/c1-6-8-10-12-14-16-18-20-22-23-24-25-26-27-29-31-33-35-37-39-41-43-51(55)60-48(46-58-45-44-49(52(56)57)53(3,4)5)47-59-50(54)42-40-38-36-34-32-30-28-21-19-17-15-13-11-9-7-2/h8,10,14,16,48-49H,6-7,9,11-13,15,17-47H2,1-5H3/b10-8+,16-14+. The minimum Gasteiger partial charge on any atom is -0.544 e. The fourth-order valence-electron chi connectivity index (χ4n) is 7.70. The predicted molar refractivity (Wildman–Crippen MR) is 250 cm³/mol. The van der Waals surface area contributed by atoms with Gasteiger partial charge in [0.2, 0.25) is 0 Å². The van der Waals surface area contributed by atoms with Crippen molar-refractivity contribution in [2.45, 2.75) is 251 Å². The lowest BCUT2D eigenvalue weighted by Gasteiger charge is -2.34. The molecular formula is C52H97NO7. The van der Waals surface area contributed by atoms with Gasteiger partial charge in [-0.1, -0.05) is 205 Å². The molecule has 0 N–H and O–H groups in total. The van der Waals surface area contributed by atoms with Crippen molar-refractivity contribution in [2.75, 3.05) is 41.0 Å². The van der Waals surface area contributed by atoms with E-state index in [1.165, 1.54) is 154 Å². The van der Waals surface area contributed by atoms with Crippen molar-refractivity contribution < 1.29 is 38.2 Å². The van der Waals surface area contributed by atoms with E-state index in [1.807, 2.05) is 21.1 Å². The summed E-state index contributed by atoms with van der Waals surface area (Å²) in [4.78, 5) is 37.0. The van der Waals surface area contributed by atoms with E-state index < -0.39 is 18.1 Å². The van der Waals surface area contributed by atoms with E-state index in [0.717, 1.165) is 51.4 Å². The van der Waals surface area contributed by atoms with Gasteiger partial charge in [-0.2, -0.15) is 0 Å². The molecule has 0 rings (SSSR count). The number of allylic oxidation sites excluding steroid dienone is 4. The lowest BCUT2D eigenvalue weighted by Crippen LogP contribution is -2.55. The number of unbranched alkanes of at least 4 members (excludes halogenated alkanes) is 28. The molecule has 0 aromatic heterocycles. The third kappa shape index (κ3) is 41.2. The monoisotopic (exact) mass is 848 g/mol. The number of esters is 2. The number of carboxylic acid groups (broad SMARTS) is 1. The smallest absolute Gasteiger partial charge is 0.306 e. The van der Waals surface area contributed by atoms with Gasteiger partial charge in [0.1, 0.15) is 12.6 Å². The highest BCUT2D eigenvalue weighted by molar-refractivity contribution is 5.70. The Labute approximate surface area is 371 Å². The summed E-state index contributed by atoms with van der Waals surface area (Å²) in [5, 5.41) is 11.7. The summed E-state index contributed by atoms with van der Waals surface area (Å²) in [5.74, 6) is -1.72. The topological polar surface area (TPSA) is 102 Å². The summed E-state index contributed by atoms with van der Waals surface area (Å²) in [7, 11) is 5.42. The van der Waals surface area contributed by atoms with Gasteiger partial charge in [-0.3, -0.25) is 9.59 Å². The van der Waals surface area contributed by atoms with Crippen LogP contribution in [0, 0.1) is 0 Å². The predicted octanol–water partition coefficient (Wildman–Crippen LogP) is 13.1. The molecule has 60 heavy (non-hydrogen) atoms. The van der Waals surface area contributed by atoms with Gasteiger partial charge < -0.3 is 28.6 Å². The molecule has 0 aromatic rings. The molecule has 0 saturated heterocycles. The van der Waals surface area contributed by atoms with E-state index in [4.69, 9.17) is 14.2 Å². The SMILES string of the molecule is CC/C=C/C/C=C/CCCCCCCCCCCCCCCCC(=O)OC(COCCC(C(=O)[O-])[N+](C)(C)C)COC(=O)CCCCCCCCCCCCCCCCC.